The molecule has 0 unspecified atom stereocenters. The molecule has 0 bridgehead atoms. The molecule has 0 spiro atoms. The standard InChI is InChI=1S/C12H23NO2/c1-4-5-6-7-8-9-10-12(11-13,14-2)15-3/h4-10H2,1-3H3. The Balaban J connectivity index is 3.60. The largest absolute Gasteiger partial charge is 0.342 e. The Bertz CT molecular complexity index is 183. The zero-order chi connectivity index (χ0) is 11.6. The second-order valence-corrected chi connectivity index (χ2v) is 3.79. The van der Waals surface area contributed by atoms with Crippen molar-refractivity contribution in [2.75, 3.05) is 14.2 Å². The molecule has 15 heavy (non-hydrogen) atoms. The summed E-state index contributed by atoms with van der Waals surface area (Å²) in [5.41, 5.74) is 0. The molecule has 0 saturated carbocycles. The maximum Gasteiger partial charge on any atom is 0.258 e. The minimum Gasteiger partial charge on any atom is -0.342 e. The summed E-state index contributed by atoms with van der Waals surface area (Å²) in [6, 6.07) is 2.07. The Morgan fingerprint density at radius 2 is 1.53 bits per heavy atom. The molecule has 0 N–H and O–H groups in total. The van der Waals surface area contributed by atoms with E-state index < -0.39 is 5.79 Å². The molecule has 3 heteroatoms. The van der Waals surface area contributed by atoms with E-state index in [0.717, 1.165) is 12.8 Å². The van der Waals surface area contributed by atoms with E-state index >= 15 is 0 Å². The molecule has 0 aromatic carbocycles. The Labute approximate surface area is 93.4 Å². The molecule has 0 atom stereocenters. The van der Waals surface area contributed by atoms with Crippen LogP contribution in [0.4, 0.5) is 0 Å². The molecule has 0 aromatic rings. The highest BCUT2D eigenvalue weighted by Crippen LogP contribution is 2.19. The first kappa shape index (κ1) is 14.4. The van der Waals surface area contributed by atoms with E-state index in [-0.39, 0.29) is 0 Å². The van der Waals surface area contributed by atoms with Gasteiger partial charge in [-0.2, -0.15) is 5.26 Å². The summed E-state index contributed by atoms with van der Waals surface area (Å²) in [4.78, 5) is 0. The number of methoxy groups -OCH3 is 2. The molecule has 0 aliphatic heterocycles. The summed E-state index contributed by atoms with van der Waals surface area (Å²) in [6.45, 7) is 2.20. The van der Waals surface area contributed by atoms with Crippen LogP contribution in [0, 0.1) is 11.3 Å². The van der Waals surface area contributed by atoms with Gasteiger partial charge in [-0.05, 0) is 6.42 Å². The summed E-state index contributed by atoms with van der Waals surface area (Å²) in [5, 5.41) is 8.92. The Hall–Kier alpha value is -0.590. The van der Waals surface area contributed by atoms with E-state index in [4.69, 9.17) is 14.7 Å². The average Bonchev–Trinajstić information content (AvgIpc) is 2.29. The van der Waals surface area contributed by atoms with E-state index in [1.165, 1.54) is 39.9 Å². The molecule has 88 valence electrons. The van der Waals surface area contributed by atoms with Gasteiger partial charge in [0, 0.05) is 20.6 Å². The van der Waals surface area contributed by atoms with Gasteiger partial charge in [-0.1, -0.05) is 39.0 Å². The Morgan fingerprint density at radius 3 is 2.00 bits per heavy atom. The van der Waals surface area contributed by atoms with Gasteiger partial charge < -0.3 is 9.47 Å². The molecule has 3 nitrogen and oxygen atoms in total. The van der Waals surface area contributed by atoms with Gasteiger partial charge in [0.2, 0.25) is 0 Å². The van der Waals surface area contributed by atoms with E-state index in [1.54, 1.807) is 0 Å². The molecule has 0 aliphatic carbocycles. The topological polar surface area (TPSA) is 42.2 Å². The van der Waals surface area contributed by atoms with Crippen LogP contribution in [0.5, 0.6) is 0 Å². The molecular weight excluding hydrogens is 190 g/mol. The first-order chi connectivity index (χ1) is 7.24. The van der Waals surface area contributed by atoms with Gasteiger partial charge in [0.1, 0.15) is 6.07 Å². The lowest BCUT2D eigenvalue weighted by atomic mass is 10.1. The molecule has 0 amide bonds. The van der Waals surface area contributed by atoms with Crippen molar-refractivity contribution in [3.63, 3.8) is 0 Å². The lowest BCUT2D eigenvalue weighted by molar-refractivity contribution is -0.168. The lowest BCUT2D eigenvalue weighted by Crippen LogP contribution is -2.31. The molecule has 0 heterocycles. The van der Waals surface area contributed by atoms with Crippen LogP contribution in [-0.2, 0) is 9.47 Å². The average molecular weight is 213 g/mol. The normalized spacial score (nSPS) is 11.3. The van der Waals surface area contributed by atoms with Crippen LogP contribution in [0.25, 0.3) is 0 Å². The second kappa shape index (κ2) is 8.70. The van der Waals surface area contributed by atoms with Gasteiger partial charge in [0.05, 0.1) is 0 Å². The molecule has 0 fully saturated rings. The predicted molar refractivity (Wildman–Crippen MR) is 60.4 cm³/mol. The van der Waals surface area contributed by atoms with Crippen molar-refractivity contribution in [1.29, 1.82) is 5.26 Å². The first-order valence-corrected chi connectivity index (χ1v) is 5.76. The number of rotatable bonds is 9. The smallest absolute Gasteiger partial charge is 0.258 e. The van der Waals surface area contributed by atoms with Gasteiger partial charge in [-0.3, -0.25) is 0 Å². The number of ether oxygens (including phenoxy) is 2. The molecule has 0 saturated heterocycles. The third-order valence-electron chi connectivity index (χ3n) is 2.69. The number of unbranched alkanes of at least 4 members (excludes halogenated alkanes) is 5. The Morgan fingerprint density at radius 1 is 1.00 bits per heavy atom. The van der Waals surface area contributed by atoms with Crippen molar-refractivity contribution in [1.82, 2.24) is 0 Å². The van der Waals surface area contributed by atoms with Crippen molar-refractivity contribution in [3.05, 3.63) is 0 Å². The van der Waals surface area contributed by atoms with E-state index in [0.29, 0.717) is 6.42 Å². The van der Waals surface area contributed by atoms with Gasteiger partial charge >= 0.3 is 0 Å². The zero-order valence-corrected chi connectivity index (χ0v) is 10.2. The monoisotopic (exact) mass is 213 g/mol. The van der Waals surface area contributed by atoms with Crippen LogP contribution in [-0.4, -0.2) is 20.0 Å². The number of nitrogens with zero attached hydrogens (tertiary/aromatic N) is 1. The van der Waals surface area contributed by atoms with Crippen molar-refractivity contribution < 1.29 is 9.47 Å². The van der Waals surface area contributed by atoms with Crippen LogP contribution >= 0.6 is 0 Å². The summed E-state index contributed by atoms with van der Waals surface area (Å²) in [6.07, 6.45) is 7.88. The molecule has 0 aliphatic rings. The molecular formula is C12H23NO2. The summed E-state index contributed by atoms with van der Waals surface area (Å²) >= 11 is 0. The van der Waals surface area contributed by atoms with Gasteiger partial charge in [-0.25, -0.2) is 0 Å². The predicted octanol–water partition coefficient (Wildman–Crippen LogP) is 3.25. The van der Waals surface area contributed by atoms with Crippen LogP contribution in [0.2, 0.25) is 0 Å². The van der Waals surface area contributed by atoms with Crippen LogP contribution in [0.3, 0.4) is 0 Å². The van der Waals surface area contributed by atoms with Crippen molar-refractivity contribution in [3.8, 4) is 6.07 Å². The summed E-state index contributed by atoms with van der Waals surface area (Å²) in [5.74, 6) is -1.02. The van der Waals surface area contributed by atoms with Gasteiger partial charge in [0.15, 0.2) is 0 Å². The lowest BCUT2D eigenvalue weighted by Gasteiger charge is -2.22. The molecule has 0 radical (unpaired) electrons. The third-order valence-corrected chi connectivity index (χ3v) is 2.69. The van der Waals surface area contributed by atoms with Crippen LogP contribution in [0.1, 0.15) is 51.9 Å². The van der Waals surface area contributed by atoms with Gasteiger partial charge in [-0.15, -0.1) is 0 Å². The van der Waals surface area contributed by atoms with E-state index in [2.05, 4.69) is 13.0 Å². The summed E-state index contributed by atoms with van der Waals surface area (Å²) in [7, 11) is 3.04. The van der Waals surface area contributed by atoms with Crippen molar-refractivity contribution >= 4 is 0 Å². The minimum atomic E-state index is -1.02. The Kier molecular flexibility index (Phi) is 8.35. The molecule has 0 aromatic heterocycles. The van der Waals surface area contributed by atoms with Crippen LogP contribution in [0.15, 0.2) is 0 Å². The highest BCUT2D eigenvalue weighted by Gasteiger charge is 2.28. The SMILES string of the molecule is CCCCCCCCC(C#N)(OC)OC. The zero-order valence-electron chi connectivity index (χ0n) is 10.2. The summed E-state index contributed by atoms with van der Waals surface area (Å²) < 4.78 is 10.2. The number of nitriles is 1. The van der Waals surface area contributed by atoms with Crippen molar-refractivity contribution in [2.45, 2.75) is 57.7 Å². The highest BCUT2D eigenvalue weighted by atomic mass is 16.7. The number of hydrogen-bond acceptors (Lipinski definition) is 3. The quantitative estimate of drug-likeness (QED) is 0.436. The van der Waals surface area contributed by atoms with Gasteiger partial charge in [0.25, 0.3) is 5.79 Å². The fourth-order valence-corrected chi connectivity index (χ4v) is 1.57. The van der Waals surface area contributed by atoms with E-state index in [1.807, 2.05) is 0 Å². The van der Waals surface area contributed by atoms with Crippen molar-refractivity contribution in [2.24, 2.45) is 0 Å². The fourth-order valence-electron chi connectivity index (χ4n) is 1.57. The maximum absolute atomic E-state index is 8.92. The maximum atomic E-state index is 8.92. The second-order valence-electron chi connectivity index (χ2n) is 3.79. The van der Waals surface area contributed by atoms with E-state index in [9.17, 15) is 0 Å². The van der Waals surface area contributed by atoms with Crippen LogP contribution < -0.4 is 0 Å². The first-order valence-electron chi connectivity index (χ1n) is 5.76. The fraction of sp³-hybridized carbons (Fsp3) is 0.917. The third kappa shape index (κ3) is 5.76. The highest BCUT2D eigenvalue weighted by molar-refractivity contribution is 4.93. The minimum absolute atomic E-state index is 0.655. The number of hydrogen-bond donors (Lipinski definition) is 0. The molecule has 0 rings (SSSR count).